The maximum absolute atomic E-state index is 13.4. The number of carbonyl (C=O) groups excluding carboxylic acids is 2. The minimum Gasteiger partial charge on any atom is -0.462 e. The highest BCUT2D eigenvalue weighted by molar-refractivity contribution is 5.94. The number of ether oxygens (including phenoxy) is 1. The van der Waals surface area contributed by atoms with Crippen molar-refractivity contribution in [3.8, 4) is 5.82 Å². The van der Waals surface area contributed by atoms with E-state index in [-0.39, 0.29) is 23.8 Å². The zero-order valence-electron chi connectivity index (χ0n) is 20.7. The fourth-order valence-electron chi connectivity index (χ4n) is 4.33. The van der Waals surface area contributed by atoms with Gasteiger partial charge in [-0.3, -0.25) is 14.4 Å². The van der Waals surface area contributed by atoms with Gasteiger partial charge in [0.15, 0.2) is 5.69 Å². The molecule has 1 fully saturated rings. The van der Waals surface area contributed by atoms with Crippen LogP contribution >= 0.6 is 0 Å². The van der Waals surface area contributed by atoms with Crippen molar-refractivity contribution in [2.45, 2.75) is 65.5 Å². The minimum atomic E-state index is -0.699. The molecule has 4 rings (SSSR count). The number of hydrogen-bond acceptors (Lipinski definition) is 7. The van der Waals surface area contributed by atoms with Crippen molar-refractivity contribution in [3.63, 3.8) is 0 Å². The summed E-state index contributed by atoms with van der Waals surface area (Å²) in [6, 6.07) is -1.11. The summed E-state index contributed by atoms with van der Waals surface area (Å²) >= 11 is 0. The van der Waals surface area contributed by atoms with Crippen LogP contribution in [0.5, 0.6) is 0 Å². The number of amides is 1. The molecule has 1 amide bonds. The highest BCUT2D eigenvalue weighted by Crippen LogP contribution is 2.57. The predicted molar refractivity (Wildman–Crippen MR) is 123 cm³/mol. The Morgan fingerprint density at radius 2 is 2.09 bits per heavy atom. The first-order valence-electron chi connectivity index (χ1n) is 11.8. The van der Waals surface area contributed by atoms with E-state index in [1.54, 1.807) is 35.1 Å². The molecule has 0 spiro atoms. The summed E-state index contributed by atoms with van der Waals surface area (Å²) < 4.78 is 8.79. The number of aromatic nitrogens is 4. The summed E-state index contributed by atoms with van der Waals surface area (Å²) in [5.74, 6) is 0.772. The van der Waals surface area contributed by atoms with E-state index in [1.807, 2.05) is 34.6 Å². The van der Waals surface area contributed by atoms with Crippen LogP contribution in [0.25, 0.3) is 5.82 Å². The number of carbonyl (C=O) groups is 2. The SMILES string of the molecule is CO[n+]1ccnc(-n2nc(C(=O)N[C@H](COC(=O)[C@@H](N)C(C)C)C(C)(C)C)c3c2[C@H]2C[C@H]2C3)c1. The summed E-state index contributed by atoms with van der Waals surface area (Å²) in [6.45, 7) is 9.74. The number of esters is 1. The molecular weight excluding hydrogens is 436 g/mol. The average molecular weight is 472 g/mol. The van der Waals surface area contributed by atoms with Gasteiger partial charge in [0.05, 0.1) is 17.9 Å². The average Bonchev–Trinajstić information content (AvgIpc) is 3.29. The quantitative estimate of drug-likeness (QED) is 0.434. The molecule has 2 aliphatic carbocycles. The number of nitrogens with one attached hydrogen (secondary N) is 1. The van der Waals surface area contributed by atoms with Gasteiger partial charge in [-0.1, -0.05) is 34.6 Å². The molecule has 0 aromatic carbocycles. The molecule has 3 N–H and O–H groups in total. The molecule has 2 aliphatic rings. The second kappa shape index (κ2) is 8.98. The maximum Gasteiger partial charge on any atom is 0.323 e. The molecule has 10 nitrogen and oxygen atoms in total. The molecule has 0 radical (unpaired) electrons. The van der Waals surface area contributed by atoms with Gasteiger partial charge in [-0.15, -0.1) is 0 Å². The molecule has 184 valence electrons. The summed E-state index contributed by atoms with van der Waals surface area (Å²) in [5, 5.41) is 7.74. The van der Waals surface area contributed by atoms with Gasteiger partial charge in [0.1, 0.15) is 19.8 Å². The Labute approximate surface area is 199 Å². The van der Waals surface area contributed by atoms with Gasteiger partial charge in [0.2, 0.25) is 12.0 Å². The number of fused-ring (bicyclic) bond motifs is 3. The molecule has 10 heteroatoms. The van der Waals surface area contributed by atoms with Crippen LogP contribution in [0, 0.1) is 17.3 Å². The van der Waals surface area contributed by atoms with E-state index in [0.717, 1.165) is 24.1 Å². The first-order chi connectivity index (χ1) is 16.0. The van der Waals surface area contributed by atoms with E-state index in [4.69, 9.17) is 15.3 Å². The zero-order chi connectivity index (χ0) is 24.8. The van der Waals surface area contributed by atoms with Crippen LogP contribution in [0.4, 0.5) is 0 Å². The molecule has 0 saturated heterocycles. The molecule has 0 aliphatic heterocycles. The summed E-state index contributed by atoms with van der Waals surface area (Å²) in [6.07, 6.45) is 7.00. The monoisotopic (exact) mass is 471 g/mol. The van der Waals surface area contributed by atoms with E-state index in [2.05, 4.69) is 15.4 Å². The number of nitrogens with zero attached hydrogens (tertiary/aromatic N) is 4. The van der Waals surface area contributed by atoms with Crippen LogP contribution in [-0.4, -0.2) is 52.4 Å². The lowest BCUT2D eigenvalue weighted by Crippen LogP contribution is -2.48. The maximum atomic E-state index is 13.4. The van der Waals surface area contributed by atoms with Crippen LogP contribution in [0.2, 0.25) is 0 Å². The van der Waals surface area contributed by atoms with Gasteiger partial charge < -0.3 is 15.8 Å². The van der Waals surface area contributed by atoms with Gasteiger partial charge in [-0.25, -0.2) is 9.67 Å². The van der Waals surface area contributed by atoms with E-state index in [1.165, 1.54) is 0 Å². The Morgan fingerprint density at radius 3 is 2.74 bits per heavy atom. The highest BCUT2D eigenvalue weighted by Gasteiger charge is 2.50. The van der Waals surface area contributed by atoms with Crippen LogP contribution in [-0.2, 0) is 16.0 Å². The molecule has 1 saturated carbocycles. The van der Waals surface area contributed by atoms with Crippen molar-refractivity contribution < 1.29 is 23.9 Å². The van der Waals surface area contributed by atoms with Crippen LogP contribution < -0.4 is 20.6 Å². The summed E-state index contributed by atoms with van der Waals surface area (Å²) in [7, 11) is 1.57. The topological polar surface area (TPSA) is 125 Å². The summed E-state index contributed by atoms with van der Waals surface area (Å²) in [4.78, 5) is 35.4. The van der Waals surface area contributed by atoms with Crippen molar-refractivity contribution in [3.05, 3.63) is 35.5 Å². The standard InChI is InChI=1S/C24H34N6O4/c1-13(2)19(25)23(32)34-12-17(24(3,4)5)27-22(31)20-16-10-14-9-15(14)21(16)30(28-20)18-11-29(33-6)8-7-26-18/h7-8,11,13-15,17,19H,9-10,12,25H2,1-6H3/p+1/t14-,15-,17+,19-/m0/s1. The predicted octanol–water partition coefficient (Wildman–Crippen LogP) is 0.944. The number of hydrogen-bond donors (Lipinski definition) is 2. The largest absolute Gasteiger partial charge is 0.462 e. The minimum absolute atomic E-state index is 0.0310. The lowest BCUT2D eigenvalue weighted by Gasteiger charge is -2.31. The van der Waals surface area contributed by atoms with E-state index < -0.39 is 18.1 Å². The molecule has 2 aromatic heterocycles. The lowest BCUT2D eigenvalue weighted by molar-refractivity contribution is -0.885. The Kier molecular flexibility index (Phi) is 6.37. The van der Waals surface area contributed by atoms with Gasteiger partial charge in [-0.2, -0.15) is 5.10 Å². The second-order valence-electron chi connectivity index (χ2n) is 10.7. The molecule has 2 aromatic rings. The summed E-state index contributed by atoms with van der Waals surface area (Å²) in [5.41, 5.74) is 7.99. The van der Waals surface area contributed by atoms with Crippen LogP contribution in [0.3, 0.4) is 0 Å². The van der Waals surface area contributed by atoms with Crippen molar-refractivity contribution in [2.75, 3.05) is 13.7 Å². The van der Waals surface area contributed by atoms with E-state index in [9.17, 15) is 9.59 Å². The van der Waals surface area contributed by atoms with Crippen LogP contribution in [0.15, 0.2) is 18.6 Å². The van der Waals surface area contributed by atoms with Crippen molar-refractivity contribution in [1.29, 1.82) is 0 Å². The molecule has 0 unspecified atom stereocenters. The molecule has 34 heavy (non-hydrogen) atoms. The highest BCUT2D eigenvalue weighted by atomic mass is 16.6. The first kappa shape index (κ1) is 24.1. The first-order valence-corrected chi connectivity index (χ1v) is 11.8. The van der Waals surface area contributed by atoms with Crippen molar-refractivity contribution in [1.82, 2.24) is 20.1 Å². The van der Waals surface area contributed by atoms with E-state index in [0.29, 0.717) is 23.3 Å². The molecule has 0 bridgehead atoms. The lowest BCUT2D eigenvalue weighted by atomic mass is 9.87. The normalized spacial score (nSPS) is 20.4. The third-order valence-corrected chi connectivity index (χ3v) is 6.80. The van der Waals surface area contributed by atoms with Gasteiger partial charge in [-0.05, 0) is 30.1 Å². The Bertz CT molecular complexity index is 1090. The third kappa shape index (κ3) is 4.64. The Hall–Kier alpha value is -3.01. The smallest absolute Gasteiger partial charge is 0.323 e. The Balaban J connectivity index is 1.57. The van der Waals surface area contributed by atoms with Crippen LogP contribution in [0.1, 0.15) is 68.7 Å². The van der Waals surface area contributed by atoms with Gasteiger partial charge >= 0.3 is 5.97 Å². The number of rotatable bonds is 8. The fraction of sp³-hybridized carbons (Fsp3) is 0.625. The molecule has 2 heterocycles. The second-order valence-corrected chi connectivity index (χ2v) is 10.7. The Morgan fingerprint density at radius 1 is 1.35 bits per heavy atom. The third-order valence-electron chi connectivity index (χ3n) is 6.80. The molecular formula is C24H35N6O4+. The van der Waals surface area contributed by atoms with Gasteiger partial charge in [0.25, 0.3) is 12.1 Å². The zero-order valence-corrected chi connectivity index (χ0v) is 20.7. The number of nitrogens with two attached hydrogens (primary N) is 1. The fourth-order valence-corrected chi connectivity index (χ4v) is 4.33. The van der Waals surface area contributed by atoms with E-state index >= 15 is 0 Å². The van der Waals surface area contributed by atoms with Crippen molar-refractivity contribution in [2.24, 2.45) is 23.0 Å². The molecule has 4 atom stereocenters. The van der Waals surface area contributed by atoms with Gasteiger partial charge in [0, 0.05) is 16.2 Å². The van der Waals surface area contributed by atoms with Crippen molar-refractivity contribution >= 4 is 11.9 Å².